The molecule has 144 valence electrons. The molecule has 0 saturated carbocycles. The van der Waals surface area contributed by atoms with E-state index in [-0.39, 0.29) is 6.03 Å². The van der Waals surface area contributed by atoms with Crippen molar-refractivity contribution in [3.63, 3.8) is 0 Å². The van der Waals surface area contributed by atoms with E-state index in [1.807, 2.05) is 12.1 Å². The average Bonchev–Trinajstić information content (AvgIpc) is 2.68. The third-order valence-electron chi connectivity index (χ3n) is 4.51. The van der Waals surface area contributed by atoms with Gasteiger partial charge in [-0.15, -0.1) is 0 Å². The number of rotatable bonds is 5. The number of amides is 2. The fraction of sp³-hybridized carbons (Fsp3) is 0.368. The van der Waals surface area contributed by atoms with Gasteiger partial charge in [0.2, 0.25) is 0 Å². The third kappa shape index (κ3) is 5.02. The van der Waals surface area contributed by atoms with Crippen molar-refractivity contribution in [3.8, 4) is 5.75 Å². The number of pyridine rings is 1. The summed E-state index contributed by atoms with van der Waals surface area (Å²) in [7, 11) is 3.64. The fourth-order valence-corrected chi connectivity index (χ4v) is 3.16. The van der Waals surface area contributed by atoms with E-state index >= 15 is 0 Å². The minimum Gasteiger partial charge on any atom is -0.493 e. The van der Waals surface area contributed by atoms with Crippen molar-refractivity contribution in [1.29, 1.82) is 0 Å². The van der Waals surface area contributed by atoms with Crippen molar-refractivity contribution in [2.24, 2.45) is 0 Å². The number of likely N-dealkylation sites (N-methyl/N-ethyl adjacent to an activating group) is 1. The Morgan fingerprint density at radius 3 is 2.67 bits per heavy atom. The van der Waals surface area contributed by atoms with Gasteiger partial charge in [0.05, 0.1) is 17.8 Å². The maximum Gasteiger partial charge on any atom is 0.319 e. The lowest BCUT2D eigenvalue weighted by Gasteiger charge is -2.33. The summed E-state index contributed by atoms with van der Waals surface area (Å²) in [5.41, 5.74) is 1.45. The Bertz CT molecular complexity index is 776. The van der Waals surface area contributed by atoms with Crippen molar-refractivity contribution >= 4 is 29.1 Å². The largest absolute Gasteiger partial charge is 0.493 e. The van der Waals surface area contributed by atoms with Gasteiger partial charge in [-0.2, -0.15) is 0 Å². The molecule has 1 fully saturated rings. The third-order valence-corrected chi connectivity index (χ3v) is 4.81. The molecule has 1 saturated heterocycles. The normalized spacial score (nSPS) is 14.7. The van der Waals surface area contributed by atoms with Crippen molar-refractivity contribution < 1.29 is 9.53 Å². The van der Waals surface area contributed by atoms with Gasteiger partial charge in [-0.3, -0.25) is 0 Å². The smallest absolute Gasteiger partial charge is 0.319 e. The van der Waals surface area contributed by atoms with Crippen LogP contribution in [-0.2, 0) is 6.54 Å². The topological polar surface area (TPSA) is 69.7 Å². The molecule has 7 nitrogen and oxygen atoms in total. The highest BCUT2D eigenvalue weighted by Crippen LogP contribution is 2.32. The summed E-state index contributed by atoms with van der Waals surface area (Å²) in [4.78, 5) is 21.3. The standard InChI is InChI=1S/C19H24ClN5O2/c1-24-8-10-25(11-9-24)17-7-6-14(12-21-17)13-22-19(26)23-16-5-3-4-15(20)18(16)27-2/h3-7,12H,8-11,13H2,1-2H3,(H2,22,23,26). The number of anilines is 2. The maximum atomic E-state index is 12.2. The van der Waals surface area contributed by atoms with E-state index < -0.39 is 0 Å². The molecule has 2 heterocycles. The molecular formula is C19H24ClN5O2. The van der Waals surface area contributed by atoms with Crippen molar-refractivity contribution in [2.45, 2.75) is 6.54 Å². The van der Waals surface area contributed by atoms with Crippen LogP contribution in [0.25, 0.3) is 0 Å². The number of benzene rings is 1. The second-order valence-electron chi connectivity index (χ2n) is 6.44. The number of urea groups is 1. The zero-order valence-electron chi connectivity index (χ0n) is 15.5. The highest BCUT2D eigenvalue weighted by molar-refractivity contribution is 6.32. The van der Waals surface area contributed by atoms with Crippen LogP contribution in [0, 0.1) is 0 Å². The van der Waals surface area contributed by atoms with E-state index in [1.54, 1.807) is 24.4 Å². The van der Waals surface area contributed by atoms with E-state index in [4.69, 9.17) is 16.3 Å². The Kier molecular flexibility index (Phi) is 6.36. The Hall–Kier alpha value is -2.51. The number of hydrogen-bond acceptors (Lipinski definition) is 5. The molecule has 0 spiro atoms. The second-order valence-corrected chi connectivity index (χ2v) is 6.85. The molecule has 1 aromatic carbocycles. The Morgan fingerprint density at radius 2 is 2.00 bits per heavy atom. The first-order valence-electron chi connectivity index (χ1n) is 8.82. The number of para-hydroxylation sites is 1. The number of carbonyl (C=O) groups is 1. The molecule has 1 aromatic heterocycles. The molecule has 2 amide bonds. The van der Waals surface area contributed by atoms with Gasteiger partial charge in [-0.25, -0.2) is 9.78 Å². The van der Waals surface area contributed by atoms with Gasteiger partial charge in [0.15, 0.2) is 5.75 Å². The molecule has 27 heavy (non-hydrogen) atoms. The maximum absolute atomic E-state index is 12.2. The SMILES string of the molecule is COc1c(Cl)cccc1NC(=O)NCc1ccc(N2CCN(C)CC2)nc1. The van der Waals surface area contributed by atoms with E-state index in [1.165, 1.54) is 7.11 Å². The second kappa shape index (κ2) is 8.92. The average molecular weight is 390 g/mol. The molecule has 0 radical (unpaired) electrons. The predicted molar refractivity (Wildman–Crippen MR) is 108 cm³/mol. The molecule has 3 rings (SSSR count). The molecule has 8 heteroatoms. The van der Waals surface area contributed by atoms with Crippen LogP contribution in [0.2, 0.25) is 5.02 Å². The Balaban J connectivity index is 1.53. The number of aromatic nitrogens is 1. The van der Waals surface area contributed by atoms with Gasteiger partial charge in [0.1, 0.15) is 5.82 Å². The van der Waals surface area contributed by atoms with Crippen LogP contribution < -0.4 is 20.3 Å². The highest BCUT2D eigenvalue weighted by Gasteiger charge is 2.15. The number of ether oxygens (including phenoxy) is 1. The summed E-state index contributed by atoms with van der Waals surface area (Å²) in [5, 5.41) is 6.00. The van der Waals surface area contributed by atoms with Crippen LogP contribution in [0.4, 0.5) is 16.3 Å². The zero-order valence-corrected chi connectivity index (χ0v) is 16.3. The number of carbonyl (C=O) groups excluding carboxylic acids is 1. The Morgan fingerprint density at radius 1 is 1.22 bits per heavy atom. The van der Waals surface area contributed by atoms with E-state index in [0.29, 0.717) is 23.0 Å². The number of piperazine rings is 1. The quantitative estimate of drug-likeness (QED) is 0.822. The molecule has 1 aliphatic heterocycles. The fourth-order valence-electron chi connectivity index (χ4n) is 2.91. The minimum atomic E-state index is -0.335. The lowest BCUT2D eigenvalue weighted by molar-refractivity contribution is 0.251. The summed E-state index contributed by atoms with van der Waals surface area (Å²) in [6, 6.07) is 8.84. The Labute approximate surface area is 164 Å². The summed E-state index contributed by atoms with van der Waals surface area (Å²) < 4.78 is 5.23. The number of nitrogens with one attached hydrogen (secondary N) is 2. The summed E-state index contributed by atoms with van der Waals surface area (Å²) in [6.07, 6.45) is 1.80. The van der Waals surface area contributed by atoms with Gasteiger partial charge >= 0.3 is 6.03 Å². The van der Waals surface area contributed by atoms with Crippen LogP contribution in [-0.4, -0.2) is 56.3 Å². The summed E-state index contributed by atoms with van der Waals surface area (Å²) in [6.45, 7) is 4.41. The van der Waals surface area contributed by atoms with Crippen molar-refractivity contribution in [3.05, 3.63) is 47.1 Å². The molecule has 2 aromatic rings. The summed E-state index contributed by atoms with van der Waals surface area (Å²) in [5.74, 6) is 1.41. The lowest BCUT2D eigenvalue weighted by Crippen LogP contribution is -2.44. The van der Waals surface area contributed by atoms with Gasteiger partial charge in [-0.1, -0.05) is 23.7 Å². The van der Waals surface area contributed by atoms with Crippen LogP contribution in [0.5, 0.6) is 5.75 Å². The van der Waals surface area contributed by atoms with E-state index in [0.717, 1.165) is 37.6 Å². The van der Waals surface area contributed by atoms with Crippen LogP contribution in [0.15, 0.2) is 36.5 Å². The minimum absolute atomic E-state index is 0.335. The van der Waals surface area contributed by atoms with Crippen molar-refractivity contribution in [2.75, 3.05) is 50.6 Å². The number of halogens is 1. The molecule has 0 unspecified atom stereocenters. The number of methoxy groups -OCH3 is 1. The molecular weight excluding hydrogens is 366 g/mol. The van der Waals surface area contributed by atoms with E-state index in [2.05, 4.69) is 32.5 Å². The number of nitrogens with zero attached hydrogens (tertiary/aromatic N) is 3. The lowest BCUT2D eigenvalue weighted by atomic mass is 10.2. The zero-order chi connectivity index (χ0) is 19.2. The first-order valence-corrected chi connectivity index (χ1v) is 9.20. The van der Waals surface area contributed by atoms with Gasteiger partial charge in [0.25, 0.3) is 0 Å². The van der Waals surface area contributed by atoms with Crippen molar-refractivity contribution in [1.82, 2.24) is 15.2 Å². The molecule has 0 aliphatic carbocycles. The van der Waals surface area contributed by atoms with Gasteiger partial charge in [-0.05, 0) is 30.8 Å². The highest BCUT2D eigenvalue weighted by atomic mass is 35.5. The number of hydrogen-bond donors (Lipinski definition) is 2. The monoisotopic (exact) mass is 389 g/mol. The van der Waals surface area contributed by atoms with Crippen LogP contribution >= 0.6 is 11.6 Å². The molecule has 0 atom stereocenters. The van der Waals surface area contributed by atoms with Gasteiger partial charge in [0, 0.05) is 38.9 Å². The molecule has 1 aliphatic rings. The molecule has 0 bridgehead atoms. The van der Waals surface area contributed by atoms with Crippen LogP contribution in [0.3, 0.4) is 0 Å². The molecule has 2 N–H and O–H groups in total. The van der Waals surface area contributed by atoms with E-state index in [9.17, 15) is 4.79 Å². The van der Waals surface area contributed by atoms with Crippen LogP contribution in [0.1, 0.15) is 5.56 Å². The summed E-state index contributed by atoms with van der Waals surface area (Å²) >= 11 is 6.06. The predicted octanol–water partition coefficient (Wildman–Crippen LogP) is 2.82. The first kappa shape index (κ1) is 19.3. The van der Waals surface area contributed by atoms with Gasteiger partial charge < -0.3 is 25.2 Å². The first-order chi connectivity index (χ1) is 13.1.